The number of carbonyl (C=O) groups is 1. The third-order valence-electron chi connectivity index (χ3n) is 2.89. The van der Waals surface area contributed by atoms with Crippen molar-refractivity contribution >= 4 is 21.9 Å². The van der Waals surface area contributed by atoms with Crippen molar-refractivity contribution in [2.45, 2.75) is 32.3 Å². The second-order valence-electron chi connectivity index (χ2n) is 3.60. The number of carboxylic acid groups (broad SMARTS) is 1. The average molecular weight is 303 g/mol. The highest BCUT2D eigenvalue weighted by Crippen LogP contribution is 2.30. The molecule has 0 fully saturated rings. The molecular weight excluding hydrogens is 288 g/mol. The molecule has 0 aliphatic heterocycles. The van der Waals surface area contributed by atoms with Gasteiger partial charge in [0.2, 0.25) is 0 Å². The summed E-state index contributed by atoms with van der Waals surface area (Å²) in [5, 5.41) is 9.01. The van der Waals surface area contributed by atoms with Crippen molar-refractivity contribution in [3.8, 4) is 0 Å². The Morgan fingerprint density at radius 2 is 2.12 bits per heavy atom. The van der Waals surface area contributed by atoms with Crippen LogP contribution in [0.2, 0.25) is 0 Å². The molecule has 0 radical (unpaired) electrons. The average Bonchev–Trinajstić information content (AvgIpc) is 2.33. The number of ether oxygens (including phenoxy) is 1. The molecule has 1 heterocycles. The zero-order chi connectivity index (χ0) is 13.1. The van der Waals surface area contributed by atoms with Crippen LogP contribution in [0.5, 0.6) is 0 Å². The maximum absolute atomic E-state index is 11.0. The minimum Gasteiger partial charge on any atom is -0.476 e. The Morgan fingerprint density at radius 3 is 2.53 bits per heavy atom. The molecule has 0 atom stereocenters. The van der Waals surface area contributed by atoms with E-state index in [1.807, 2.05) is 13.8 Å². The van der Waals surface area contributed by atoms with E-state index in [1.54, 1.807) is 7.11 Å². The molecule has 0 spiro atoms. The molecule has 1 N–H and O–H groups in total. The second kappa shape index (κ2) is 5.55. The first-order valence-electron chi connectivity index (χ1n) is 5.32. The third kappa shape index (κ3) is 2.63. The van der Waals surface area contributed by atoms with Crippen molar-refractivity contribution in [2.24, 2.45) is 0 Å². The van der Waals surface area contributed by atoms with Crippen LogP contribution in [0.3, 0.4) is 0 Å². The van der Waals surface area contributed by atoms with E-state index in [1.165, 1.54) is 6.20 Å². The number of hydrogen-bond acceptors (Lipinski definition) is 4. The third-order valence-corrected chi connectivity index (χ3v) is 3.47. The van der Waals surface area contributed by atoms with E-state index in [0.717, 1.165) is 0 Å². The fraction of sp³-hybridized carbons (Fsp3) is 0.545. The Morgan fingerprint density at radius 1 is 1.53 bits per heavy atom. The molecule has 1 rings (SSSR count). The van der Waals surface area contributed by atoms with E-state index in [0.29, 0.717) is 23.1 Å². The second-order valence-corrected chi connectivity index (χ2v) is 4.46. The van der Waals surface area contributed by atoms with Gasteiger partial charge in [0.25, 0.3) is 0 Å². The van der Waals surface area contributed by atoms with Crippen LogP contribution >= 0.6 is 15.9 Å². The number of aromatic nitrogens is 2. The van der Waals surface area contributed by atoms with Gasteiger partial charge in [0.15, 0.2) is 11.5 Å². The first kappa shape index (κ1) is 14.1. The zero-order valence-corrected chi connectivity index (χ0v) is 11.6. The van der Waals surface area contributed by atoms with Crippen molar-refractivity contribution in [1.29, 1.82) is 0 Å². The topological polar surface area (TPSA) is 72.3 Å². The Hall–Kier alpha value is -1.01. The van der Waals surface area contributed by atoms with Crippen LogP contribution in [0.1, 0.15) is 43.0 Å². The normalized spacial score (nSPS) is 11.5. The van der Waals surface area contributed by atoms with Crippen molar-refractivity contribution in [1.82, 2.24) is 9.97 Å². The summed E-state index contributed by atoms with van der Waals surface area (Å²) in [5.74, 6) is -0.677. The lowest BCUT2D eigenvalue weighted by atomic mass is 9.96. The van der Waals surface area contributed by atoms with Gasteiger partial charge in [0.1, 0.15) is 5.60 Å². The van der Waals surface area contributed by atoms with Crippen LogP contribution in [0.25, 0.3) is 0 Å². The smallest absolute Gasteiger partial charge is 0.355 e. The summed E-state index contributed by atoms with van der Waals surface area (Å²) in [5.41, 5.74) is -0.663. The van der Waals surface area contributed by atoms with E-state index in [4.69, 9.17) is 9.84 Å². The number of nitrogens with zero attached hydrogens (tertiary/aromatic N) is 2. The first-order valence-corrected chi connectivity index (χ1v) is 6.11. The molecule has 0 amide bonds. The van der Waals surface area contributed by atoms with Crippen molar-refractivity contribution < 1.29 is 14.6 Å². The van der Waals surface area contributed by atoms with Gasteiger partial charge < -0.3 is 9.84 Å². The summed E-state index contributed by atoms with van der Waals surface area (Å²) in [6.45, 7) is 3.91. The van der Waals surface area contributed by atoms with Gasteiger partial charge in [-0.05, 0) is 28.8 Å². The van der Waals surface area contributed by atoms with Crippen LogP contribution in [0, 0.1) is 0 Å². The molecular formula is C11H15BrN2O3. The van der Waals surface area contributed by atoms with Crippen LogP contribution in [0.15, 0.2) is 10.7 Å². The highest BCUT2D eigenvalue weighted by atomic mass is 79.9. The van der Waals surface area contributed by atoms with Gasteiger partial charge in [-0.2, -0.15) is 0 Å². The largest absolute Gasteiger partial charge is 0.476 e. The summed E-state index contributed by atoms with van der Waals surface area (Å²) in [6.07, 6.45) is 2.81. The van der Waals surface area contributed by atoms with Crippen LogP contribution in [-0.4, -0.2) is 28.2 Å². The Balaban J connectivity index is 3.31. The molecule has 0 aliphatic rings. The number of aromatic carboxylic acids is 1. The van der Waals surface area contributed by atoms with Gasteiger partial charge in [0.05, 0.1) is 4.47 Å². The molecule has 0 saturated heterocycles. The van der Waals surface area contributed by atoms with E-state index < -0.39 is 11.6 Å². The molecule has 0 unspecified atom stereocenters. The predicted octanol–water partition coefficient (Wildman–Crippen LogP) is 2.60. The maximum Gasteiger partial charge on any atom is 0.355 e. The predicted molar refractivity (Wildman–Crippen MR) is 66.0 cm³/mol. The highest BCUT2D eigenvalue weighted by Gasteiger charge is 2.32. The van der Waals surface area contributed by atoms with Gasteiger partial charge in [0, 0.05) is 13.3 Å². The molecule has 6 heteroatoms. The molecule has 5 nitrogen and oxygen atoms in total. The minimum atomic E-state index is -1.09. The molecule has 0 aromatic carbocycles. The molecule has 1 aromatic heterocycles. The molecule has 17 heavy (non-hydrogen) atoms. The quantitative estimate of drug-likeness (QED) is 0.905. The van der Waals surface area contributed by atoms with E-state index in [-0.39, 0.29) is 5.69 Å². The fourth-order valence-corrected chi connectivity index (χ4v) is 2.04. The van der Waals surface area contributed by atoms with Crippen LogP contribution in [-0.2, 0) is 10.3 Å². The van der Waals surface area contributed by atoms with Gasteiger partial charge in [-0.3, -0.25) is 0 Å². The minimum absolute atomic E-state index is 0.0432. The number of rotatable bonds is 5. The monoisotopic (exact) mass is 302 g/mol. The van der Waals surface area contributed by atoms with Crippen molar-refractivity contribution in [3.05, 3.63) is 22.2 Å². The summed E-state index contributed by atoms with van der Waals surface area (Å²) in [4.78, 5) is 19.2. The lowest BCUT2D eigenvalue weighted by Gasteiger charge is -2.28. The molecule has 0 aliphatic carbocycles. The highest BCUT2D eigenvalue weighted by molar-refractivity contribution is 9.10. The van der Waals surface area contributed by atoms with Gasteiger partial charge in [-0.25, -0.2) is 14.8 Å². The summed E-state index contributed by atoms with van der Waals surface area (Å²) in [6, 6.07) is 0. The van der Waals surface area contributed by atoms with Gasteiger partial charge in [-0.1, -0.05) is 13.8 Å². The van der Waals surface area contributed by atoms with Crippen LogP contribution in [0.4, 0.5) is 0 Å². The zero-order valence-electron chi connectivity index (χ0n) is 10.0. The van der Waals surface area contributed by atoms with E-state index in [9.17, 15) is 4.79 Å². The molecule has 0 saturated carbocycles. The van der Waals surface area contributed by atoms with Crippen molar-refractivity contribution in [2.75, 3.05) is 7.11 Å². The Bertz CT molecular complexity index is 411. The summed E-state index contributed by atoms with van der Waals surface area (Å²) >= 11 is 3.12. The number of hydrogen-bond donors (Lipinski definition) is 1. The lowest BCUT2D eigenvalue weighted by molar-refractivity contribution is -0.0293. The Kier molecular flexibility index (Phi) is 4.59. The fourth-order valence-electron chi connectivity index (χ4n) is 1.68. The SMILES string of the molecule is CCC(CC)(OC)c1ncc(Br)c(C(=O)O)n1. The number of halogens is 1. The molecule has 0 bridgehead atoms. The van der Waals surface area contributed by atoms with Crippen molar-refractivity contribution in [3.63, 3.8) is 0 Å². The summed E-state index contributed by atoms with van der Waals surface area (Å²) < 4.78 is 5.83. The number of methoxy groups -OCH3 is 1. The van der Waals surface area contributed by atoms with Gasteiger partial charge in [-0.15, -0.1) is 0 Å². The van der Waals surface area contributed by atoms with Gasteiger partial charge >= 0.3 is 5.97 Å². The van der Waals surface area contributed by atoms with E-state index in [2.05, 4.69) is 25.9 Å². The first-order chi connectivity index (χ1) is 8.00. The molecule has 1 aromatic rings. The molecule has 94 valence electrons. The standard InChI is InChI=1S/C11H15BrN2O3/c1-4-11(5-2,17-3)10-13-6-7(12)8(14-10)9(15)16/h6H,4-5H2,1-3H3,(H,15,16). The summed E-state index contributed by atoms with van der Waals surface area (Å²) in [7, 11) is 1.58. The number of carboxylic acids is 1. The van der Waals surface area contributed by atoms with E-state index >= 15 is 0 Å². The Labute approximate surface area is 108 Å². The van der Waals surface area contributed by atoms with Crippen LogP contribution < -0.4 is 0 Å². The lowest BCUT2D eigenvalue weighted by Crippen LogP contribution is -2.30. The maximum atomic E-state index is 11.0.